The molecule has 0 fully saturated rings. The maximum atomic E-state index is 5.77. The molecule has 2 aromatic rings. The zero-order valence-electron chi connectivity index (χ0n) is 11.9. The van der Waals surface area contributed by atoms with E-state index in [4.69, 9.17) is 15.2 Å². The fourth-order valence-corrected chi connectivity index (χ4v) is 2.68. The molecule has 0 amide bonds. The van der Waals surface area contributed by atoms with Gasteiger partial charge in [-0.25, -0.2) is 0 Å². The second-order valence-electron chi connectivity index (χ2n) is 5.34. The Hall–Kier alpha value is -2.95. The van der Waals surface area contributed by atoms with Gasteiger partial charge >= 0.3 is 0 Å². The highest BCUT2D eigenvalue weighted by atomic mass is 16.7. The van der Waals surface area contributed by atoms with E-state index < -0.39 is 0 Å². The molecular weight excluding hydrogens is 290 g/mol. The molecular formula is C18H19N3O2. The van der Waals surface area contributed by atoms with Crippen LogP contribution in [0.2, 0.25) is 0 Å². The number of nitrogens with zero attached hydrogens (tertiary/aromatic N) is 1. The van der Waals surface area contributed by atoms with Crippen LogP contribution >= 0.6 is 0 Å². The van der Waals surface area contributed by atoms with Crippen molar-refractivity contribution in [2.45, 2.75) is 13.8 Å². The summed E-state index contributed by atoms with van der Waals surface area (Å²) >= 11 is 0. The van der Waals surface area contributed by atoms with Gasteiger partial charge in [-0.05, 0) is 29.8 Å². The van der Waals surface area contributed by atoms with Crippen LogP contribution in [0.4, 0.5) is 5.69 Å². The first kappa shape index (κ1) is 15.0. The molecule has 2 aliphatic rings. The number of rotatable bonds is 1. The van der Waals surface area contributed by atoms with Crippen molar-refractivity contribution in [3.8, 4) is 11.5 Å². The van der Waals surface area contributed by atoms with E-state index in [-0.39, 0.29) is 14.2 Å². The lowest BCUT2D eigenvalue weighted by molar-refractivity contribution is 0.174. The van der Waals surface area contributed by atoms with Gasteiger partial charge in [-0.1, -0.05) is 26.1 Å². The molecule has 5 heteroatoms. The summed E-state index contributed by atoms with van der Waals surface area (Å²) in [5.41, 5.74) is 14.3. The molecule has 0 unspecified atom stereocenters. The number of nitrogen functional groups attached to an aromatic ring is 1. The predicted octanol–water partition coefficient (Wildman–Crippen LogP) is 3.05. The van der Waals surface area contributed by atoms with Gasteiger partial charge in [-0.3, -0.25) is 5.43 Å². The van der Waals surface area contributed by atoms with E-state index in [1.807, 2.05) is 36.4 Å². The van der Waals surface area contributed by atoms with Gasteiger partial charge < -0.3 is 15.2 Å². The van der Waals surface area contributed by atoms with Crippen LogP contribution in [-0.2, 0) is 6.42 Å². The first-order valence-electron chi connectivity index (χ1n) is 7.01. The summed E-state index contributed by atoms with van der Waals surface area (Å²) in [5, 5.41) is 4.50. The second kappa shape index (κ2) is 5.68. The summed E-state index contributed by atoms with van der Waals surface area (Å²) in [5.74, 6) is 1.51. The Balaban J connectivity index is 0.00000156. The van der Waals surface area contributed by atoms with E-state index in [1.165, 1.54) is 0 Å². The van der Waals surface area contributed by atoms with Crippen molar-refractivity contribution in [2.75, 3.05) is 12.5 Å². The summed E-state index contributed by atoms with van der Waals surface area (Å²) in [6.07, 6.45) is 0.688. The lowest BCUT2D eigenvalue weighted by Crippen LogP contribution is -2.08. The van der Waals surface area contributed by atoms with Gasteiger partial charge in [0.05, 0.1) is 5.71 Å². The predicted molar refractivity (Wildman–Crippen MR) is 91.8 cm³/mol. The van der Waals surface area contributed by atoms with E-state index >= 15 is 0 Å². The molecule has 2 aromatic carbocycles. The number of nitrogens with two attached hydrogens (primary N) is 1. The number of fused-ring (bicyclic) bond motifs is 2. The van der Waals surface area contributed by atoms with Crippen LogP contribution in [0.5, 0.6) is 11.5 Å². The van der Waals surface area contributed by atoms with Crippen molar-refractivity contribution in [3.05, 3.63) is 65.4 Å². The van der Waals surface area contributed by atoms with Crippen molar-refractivity contribution in [3.63, 3.8) is 0 Å². The number of benzene rings is 2. The quantitative estimate of drug-likeness (QED) is 0.794. The highest BCUT2D eigenvalue weighted by molar-refractivity contribution is 6.14. The van der Waals surface area contributed by atoms with Crippen LogP contribution < -0.4 is 20.6 Å². The number of hydrogen-bond acceptors (Lipinski definition) is 5. The standard InChI is InChI=1S/C17H15N3O2.CH4/c1-10-6-12-7-15-16(22-9-21-15)8-14(12)17(20-19-10)11-2-4-13(18)5-3-11;/h2-5,7-8,19H,1,6,9,18H2;1H4. The molecule has 0 aromatic heterocycles. The fraction of sp³-hybridized carbons (Fsp3) is 0.167. The van der Waals surface area contributed by atoms with Crippen LogP contribution in [-0.4, -0.2) is 12.5 Å². The average molecular weight is 309 g/mol. The first-order chi connectivity index (χ1) is 10.7. The number of nitrogens with one attached hydrogen (secondary N) is 1. The van der Waals surface area contributed by atoms with E-state index in [9.17, 15) is 0 Å². The maximum absolute atomic E-state index is 5.77. The van der Waals surface area contributed by atoms with Gasteiger partial charge in [0.2, 0.25) is 6.79 Å². The number of ether oxygens (including phenoxy) is 2. The Kier molecular flexibility index (Phi) is 3.70. The topological polar surface area (TPSA) is 68.9 Å². The third-order valence-corrected chi connectivity index (χ3v) is 3.77. The summed E-state index contributed by atoms with van der Waals surface area (Å²) in [7, 11) is 0. The molecule has 0 saturated heterocycles. The van der Waals surface area contributed by atoms with E-state index in [0.29, 0.717) is 6.42 Å². The molecule has 118 valence electrons. The average Bonchev–Trinajstić information content (AvgIpc) is 2.89. The van der Waals surface area contributed by atoms with Crippen LogP contribution in [0.25, 0.3) is 0 Å². The monoisotopic (exact) mass is 309 g/mol. The van der Waals surface area contributed by atoms with Gasteiger partial charge in [0.15, 0.2) is 11.5 Å². The molecule has 0 bridgehead atoms. The highest BCUT2D eigenvalue weighted by Gasteiger charge is 2.22. The SMILES string of the molecule is C.C=C1Cc2cc3c(cc2C(c2ccc(N)cc2)=NN1)OCO3. The first-order valence-corrected chi connectivity index (χ1v) is 7.01. The smallest absolute Gasteiger partial charge is 0.231 e. The number of anilines is 1. The molecule has 23 heavy (non-hydrogen) atoms. The van der Waals surface area contributed by atoms with Gasteiger partial charge in [0.25, 0.3) is 0 Å². The van der Waals surface area contributed by atoms with Crippen molar-refractivity contribution >= 4 is 11.4 Å². The molecule has 3 N–H and O–H groups in total. The molecule has 4 rings (SSSR count). The molecule has 2 heterocycles. The third-order valence-electron chi connectivity index (χ3n) is 3.77. The Morgan fingerprint density at radius 3 is 2.52 bits per heavy atom. The lowest BCUT2D eigenvalue weighted by atomic mass is 9.95. The molecule has 0 saturated carbocycles. The number of allylic oxidation sites excluding steroid dienone is 1. The van der Waals surface area contributed by atoms with Crippen LogP contribution in [0, 0.1) is 0 Å². The van der Waals surface area contributed by atoms with Gasteiger partial charge in [-0.15, -0.1) is 0 Å². The van der Waals surface area contributed by atoms with Gasteiger partial charge in [0.1, 0.15) is 0 Å². The molecule has 0 atom stereocenters. The zero-order valence-corrected chi connectivity index (χ0v) is 11.9. The van der Waals surface area contributed by atoms with Crippen molar-refractivity contribution in [1.82, 2.24) is 5.43 Å². The summed E-state index contributed by atoms with van der Waals surface area (Å²) in [6.45, 7) is 4.25. The van der Waals surface area contributed by atoms with Crippen LogP contribution in [0.1, 0.15) is 24.1 Å². The normalized spacial score (nSPS) is 15.0. The maximum Gasteiger partial charge on any atom is 0.231 e. The van der Waals surface area contributed by atoms with Crippen LogP contribution in [0.3, 0.4) is 0 Å². The Morgan fingerprint density at radius 1 is 1.09 bits per heavy atom. The summed E-state index contributed by atoms with van der Waals surface area (Å²) in [4.78, 5) is 0. The van der Waals surface area contributed by atoms with Crippen molar-refractivity contribution in [1.29, 1.82) is 0 Å². The molecule has 0 aliphatic carbocycles. The van der Waals surface area contributed by atoms with E-state index in [1.54, 1.807) is 0 Å². The molecule has 0 spiro atoms. The molecule has 2 aliphatic heterocycles. The van der Waals surface area contributed by atoms with Crippen molar-refractivity contribution < 1.29 is 9.47 Å². The van der Waals surface area contributed by atoms with Crippen LogP contribution in [0.15, 0.2) is 53.8 Å². The Labute approximate surface area is 135 Å². The van der Waals surface area contributed by atoms with Crippen molar-refractivity contribution in [2.24, 2.45) is 5.10 Å². The minimum Gasteiger partial charge on any atom is -0.454 e. The third kappa shape index (κ3) is 2.61. The van der Waals surface area contributed by atoms with E-state index in [2.05, 4.69) is 17.1 Å². The second-order valence-corrected chi connectivity index (χ2v) is 5.34. The highest BCUT2D eigenvalue weighted by Crippen LogP contribution is 2.37. The summed E-state index contributed by atoms with van der Waals surface area (Å²) < 4.78 is 11.0. The Bertz CT molecular complexity index is 795. The Morgan fingerprint density at radius 2 is 1.78 bits per heavy atom. The lowest BCUT2D eigenvalue weighted by Gasteiger charge is -2.10. The minimum atomic E-state index is 0. The molecule has 5 nitrogen and oxygen atoms in total. The number of hydrogen-bond donors (Lipinski definition) is 2. The fourth-order valence-electron chi connectivity index (χ4n) is 2.68. The summed E-state index contributed by atoms with van der Waals surface area (Å²) in [6, 6.07) is 11.6. The number of hydrazone groups is 1. The largest absolute Gasteiger partial charge is 0.454 e. The minimum absolute atomic E-state index is 0. The van der Waals surface area contributed by atoms with E-state index in [0.717, 1.165) is 45.3 Å². The molecule has 0 radical (unpaired) electrons. The zero-order chi connectivity index (χ0) is 15.1. The van der Waals surface area contributed by atoms with Gasteiger partial charge in [-0.2, -0.15) is 5.10 Å². The van der Waals surface area contributed by atoms with Gasteiger partial charge in [0, 0.05) is 28.9 Å².